The normalized spacial score (nSPS) is 14.1. The summed E-state index contributed by atoms with van der Waals surface area (Å²) in [5.41, 5.74) is -1.14. The molecule has 0 N–H and O–H groups in total. The third-order valence-electron chi connectivity index (χ3n) is 4.74. The summed E-state index contributed by atoms with van der Waals surface area (Å²) in [6, 6.07) is -2.22. The van der Waals surface area contributed by atoms with Gasteiger partial charge in [-0.2, -0.15) is 8.78 Å². The molecule has 1 atom stereocenters. The number of imide groups is 1. The summed E-state index contributed by atoms with van der Waals surface area (Å²) in [4.78, 5) is 63.6. The summed E-state index contributed by atoms with van der Waals surface area (Å²) in [5.74, 6) is -19.6. The van der Waals surface area contributed by atoms with Crippen LogP contribution in [0.4, 0.5) is 26.7 Å². The number of esters is 2. The summed E-state index contributed by atoms with van der Waals surface area (Å²) in [6.07, 6.45) is 0.205. The molecule has 2 rings (SSSR count). The van der Waals surface area contributed by atoms with E-state index in [0.29, 0.717) is 4.90 Å². The maximum atomic E-state index is 14.2. The van der Waals surface area contributed by atoms with Crippen molar-refractivity contribution in [2.45, 2.75) is 46.3 Å². The Kier molecular flexibility index (Phi) is 9.76. The van der Waals surface area contributed by atoms with Crippen molar-refractivity contribution in [2.24, 2.45) is 5.92 Å². The first-order chi connectivity index (χ1) is 17.9. The fourth-order valence-electron chi connectivity index (χ4n) is 3.02. The van der Waals surface area contributed by atoms with Gasteiger partial charge in [0.05, 0.1) is 13.2 Å². The number of carbonyl (C=O) groups is 5. The average Bonchev–Trinajstić information content (AvgIpc) is 3.16. The predicted molar refractivity (Wildman–Crippen MR) is 120 cm³/mol. The number of hydrogen-bond donors (Lipinski definition) is 0. The van der Waals surface area contributed by atoms with Crippen molar-refractivity contribution in [3.05, 3.63) is 41.2 Å². The van der Waals surface area contributed by atoms with Crippen molar-refractivity contribution in [1.82, 2.24) is 9.80 Å². The van der Waals surface area contributed by atoms with E-state index in [-0.39, 0.29) is 17.4 Å². The molecular formula is C24H25F5N2O8. The molecule has 0 radical (unpaired) electrons. The Balaban J connectivity index is 2.49. The highest BCUT2D eigenvalue weighted by atomic mass is 19.2. The molecular weight excluding hydrogens is 539 g/mol. The van der Waals surface area contributed by atoms with Gasteiger partial charge in [-0.05, 0) is 26.7 Å². The van der Waals surface area contributed by atoms with Crippen LogP contribution in [0.3, 0.4) is 0 Å². The van der Waals surface area contributed by atoms with E-state index in [4.69, 9.17) is 9.47 Å². The molecule has 0 saturated carbocycles. The number of benzene rings is 1. The molecule has 1 aliphatic rings. The average molecular weight is 564 g/mol. The Labute approximate surface area is 219 Å². The lowest BCUT2D eigenvalue weighted by Gasteiger charge is -2.31. The van der Waals surface area contributed by atoms with E-state index in [1.54, 1.807) is 13.8 Å². The van der Waals surface area contributed by atoms with Gasteiger partial charge in [0.2, 0.25) is 34.8 Å². The molecule has 0 saturated heterocycles. The van der Waals surface area contributed by atoms with E-state index < -0.39 is 89.4 Å². The number of halogens is 5. The maximum Gasteiger partial charge on any atom is 0.410 e. The van der Waals surface area contributed by atoms with Crippen LogP contribution in [0.15, 0.2) is 12.2 Å². The van der Waals surface area contributed by atoms with E-state index >= 15 is 0 Å². The van der Waals surface area contributed by atoms with Gasteiger partial charge < -0.3 is 14.2 Å². The van der Waals surface area contributed by atoms with Gasteiger partial charge in [-0.3, -0.25) is 24.2 Å². The van der Waals surface area contributed by atoms with Gasteiger partial charge in [0, 0.05) is 12.2 Å². The monoisotopic (exact) mass is 564 g/mol. The second kappa shape index (κ2) is 12.2. The van der Waals surface area contributed by atoms with Gasteiger partial charge in [-0.25, -0.2) is 22.8 Å². The molecule has 214 valence electrons. The number of nitrogens with zero attached hydrogens (tertiary/aromatic N) is 2. The standard InChI is InChI=1S/C24H25F5N2O8/c1-11(2)10-37-15(34)9-30(23(36)39-24(3,4)5)8-12(31-13(32)6-7-14(31)33)22(35)38-21-19(28)17(26)16(25)18(27)20(21)29/h6-7,11-12H,8-10H2,1-5H3/t12-/m0/s1. The van der Waals surface area contributed by atoms with Gasteiger partial charge in [0.1, 0.15) is 12.1 Å². The Bertz CT molecular complexity index is 1160. The summed E-state index contributed by atoms with van der Waals surface area (Å²) in [5, 5.41) is 0. The second-order valence-corrected chi connectivity index (χ2v) is 9.65. The van der Waals surface area contributed by atoms with Crippen molar-refractivity contribution < 1.29 is 60.1 Å². The summed E-state index contributed by atoms with van der Waals surface area (Å²) < 4.78 is 83.6. The molecule has 0 bridgehead atoms. The smallest absolute Gasteiger partial charge is 0.410 e. The highest BCUT2D eigenvalue weighted by Gasteiger charge is 2.41. The lowest BCUT2D eigenvalue weighted by atomic mass is 10.2. The zero-order valence-corrected chi connectivity index (χ0v) is 21.5. The van der Waals surface area contributed by atoms with Crippen molar-refractivity contribution in [2.75, 3.05) is 19.7 Å². The molecule has 0 unspecified atom stereocenters. The minimum atomic E-state index is -2.52. The van der Waals surface area contributed by atoms with Crippen LogP contribution >= 0.6 is 0 Å². The molecule has 1 aromatic carbocycles. The zero-order valence-electron chi connectivity index (χ0n) is 21.5. The predicted octanol–water partition coefficient (Wildman–Crippen LogP) is 3.02. The molecule has 1 heterocycles. The number of ether oxygens (including phenoxy) is 3. The zero-order chi connectivity index (χ0) is 29.8. The molecule has 0 aromatic heterocycles. The Morgan fingerprint density at radius 1 is 0.897 bits per heavy atom. The van der Waals surface area contributed by atoms with Crippen LogP contribution in [0.25, 0.3) is 0 Å². The lowest BCUT2D eigenvalue weighted by Crippen LogP contribution is -2.55. The molecule has 1 aromatic rings. The minimum absolute atomic E-state index is 0.0558. The van der Waals surface area contributed by atoms with E-state index in [0.717, 1.165) is 12.2 Å². The third-order valence-corrected chi connectivity index (χ3v) is 4.74. The number of hydrogen-bond acceptors (Lipinski definition) is 8. The van der Waals surface area contributed by atoms with Crippen LogP contribution in [0.2, 0.25) is 0 Å². The fraction of sp³-hybridized carbons (Fsp3) is 0.458. The molecule has 3 amide bonds. The van der Waals surface area contributed by atoms with Crippen LogP contribution in [-0.4, -0.2) is 71.0 Å². The molecule has 15 heteroatoms. The van der Waals surface area contributed by atoms with Crippen molar-refractivity contribution in [3.8, 4) is 5.75 Å². The molecule has 10 nitrogen and oxygen atoms in total. The highest BCUT2D eigenvalue weighted by molar-refractivity contribution is 6.15. The number of rotatable bonds is 9. The first kappa shape index (κ1) is 31.2. The van der Waals surface area contributed by atoms with Gasteiger partial charge >= 0.3 is 18.0 Å². The molecule has 39 heavy (non-hydrogen) atoms. The molecule has 1 aliphatic heterocycles. The highest BCUT2D eigenvalue weighted by Crippen LogP contribution is 2.30. The first-order valence-corrected chi connectivity index (χ1v) is 11.4. The summed E-state index contributed by atoms with van der Waals surface area (Å²) in [6.45, 7) is 5.87. The fourth-order valence-corrected chi connectivity index (χ4v) is 3.02. The van der Waals surface area contributed by atoms with Crippen LogP contribution in [0, 0.1) is 35.0 Å². The van der Waals surface area contributed by atoms with Crippen LogP contribution < -0.4 is 4.74 Å². The van der Waals surface area contributed by atoms with E-state index in [9.17, 15) is 45.9 Å². The molecule has 0 spiro atoms. The van der Waals surface area contributed by atoms with Gasteiger partial charge in [0.15, 0.2) is 6.04 Å². The SMILES string of the molecule is CC(C)COC(=O)CN(C[C@@H](C(=O)Oc1c(F)c(F)c(F)c(F)c1F)N1C(=O)C=CC1=O)C(=O)OC(C)(C)C. The largest absolute Gasteiger partial charge is 0.464 e. The van der Waals surface area contributed by atoms with Crippen molar-refractivity contribution in [3.63, 3.8) is 0 Å². The van der Waals surface area contributed by atoms with Crippen molar-refractivity contribution in [1.29, 1.82) is 0 Å². The maximum absolute atomic E-state index is 14.2. The van der Waals surface area contributed by atoms with Gasteiger partial charge in [0.25, 0.3) is 11.8 Å². The van der Waals surface area contributed by atoms with E-state index in [2.05, 4.69) is 4.74 Å². The number of amides is 3. The molecule has 0 fully saturated rings. The lowest BCUT2D eigenvalue weighted by molar-refractivity contribution is -0.153. The third kappa shape index (κ3) is 7.74. The first-order valence-electron chi connectivity index (χ1n) is 11.4. The van der Waals surface area contributed by atoms with Crippen LogP contribution in [0.1, 0.15) is 34.6 Å². The van der Waals surface area contributed by atoms with E-state index in [1.165, 1.54) is 20.8 Å². The van der Waals surface area contributed by atoms with Gasteiger partial charge in [-0.1, -0.05) is 13.8 Å². The summed E-state index contributed by atoms with van der Waals surface area (Å²) in [7, 11) is 0. The Morgan fingerprint density at radius 3 is 1.85 bits per heavy atom. The van der Waals surface area contributed by atoms with Gasteiger partial charge in [-0.15, -0.1) is 0 Å². The van der Waals surface area contributed by atoms with E-state index in [1.807, 2.05) is 0 Å². The van der Waals surface area contributed by atoms with Crippen molar-refractivity contribution >= 4 is 29.8 Å². The topological polar surface area (TPSA) is 120 Å². The molecule has 0 aliphatic carbocycles. The second-order valence-electron chi connectivity index (χ2n) is 9.65. The number of carbonyl (C=O) groups excluding carboxylic acids is 5. The van der Waals surface area contributed by atoms with Crippen LogP contribution in [0.5, 0.6) is 5.75 Å². The Hall–Kier alpha value is -4.04. The van der Waals surface area contributed by atoms with Crippen LogP contribution in [-0.2, 0) is 28.7 Å². The Morgan fingerprint density at radius 2 is 1.38 bits per heavy atom. The summed E-state index contributed by atoms with van der Waals surface area (Å²) >= 11 is 0. The quantitative estimate of drug-likeness (QED) is 0.112. The minimum Gasteiger partial charge on any atom is -0.464 e.